The maximum Gasteiger partial charge on any atom is 0.255 e. The molecule has 4 aromatic rings. The zero-order valence-corrected chi connectivity index (χ0v) is 17.3. The molecule has 31 heavy (non-hydrogen) atoms. The van der Waals surface area contributed by atoms with Crippen LogP contribution >= 0.6 is 11.6 Å². The van der Waals surface area contributed by atoms with Gasteiger partial charge in [-0.2, -0.15) is 0 Å². The van der Waals surface area contributed by atoms with Crippen LogP contribution in [-0.2, 0) is 0 Å². The quantitative estimate of drug-likeness (QED) is 0.414. The average molecular weight is 432 g/mol. The SMILES string of the molecule is COc1ccc(NC(=O)c2cccc(Oc3cc(-c4ccccc4)ncn3)c2)cc1Cl. The highest BCUT2D eigenvalue weighted by atomic mass is 35.5. The summed E-state index contributed by atoms with van der Waals surface area (Å²) in [5.41, 5.74) is 2.70. The van der Waals surface area contributed by atoms with Gasteiger partial charge in [0.2, 0.25) is 5.88 Å². The van der Waals surface area contributed by atoms with Crippen molar-refractivity contribution in [1.82, 2.24) is 9.97 Å². The lowest BCUT2D eigenvalue weighted by Crippen LogP contribution is -2.11. The van der Waals surface area contributed by atoms with Crippen molar-refractivity contribution in [2.45, 2.75) is 0 Å². The number of halogens is 1. The molecule has 154 valence electrons. The fraction of sp³-hybridized carbons (Fsp3) is 0.0417. The van der Waals surface area contributed by atoms with Crippen LogP contribution in [0.3, 0.4) is 0 Å². The van der Waals surface area contributed by atoms with E-state index in [9.17, 15) is 4.79 Å². The van der Waals surface area contributed by atoms with Gasteiger partial charge in [-0.15, -0.1) is 0 Å². The highest BCUT2D eigenvalue weighted by Gasteiger charge is 2.10. The minimum atomic E-state index is -0.292. The molecule has 0 saturated carbocycles. The maximum absolute atomic E-state index is 12.7. The molecule has 0 radical (unpaired) electrons. The smallest absolute Gasteiger partial charge is 0.255 e. The molecule has 3 aromatic carbocycles. The Morgan fingerprint density at radius 1 is 0.935 bits per heavy atom. The van der Waals surface area contributed by atoms with E-state index in [1.54, 1.807) is 48.5 Å². The molecule has 0 fully saturated rings. The Kier molecular flexibility index (Phi) is 6.10. The predicted molar refractivity (Wildman–Crippen MR) is 120 cm³/mol. The van der Waals surface area contributed by atoms with Gasteiger partial charge in [-0.25, -0.2) is 9.97 Å². The number of rotatable bonds is 6. The van der Waals surface area contributed by atoms with Crippen molar-refractivity contribution in [2.24, 2.45) is 0 Å². The molecule has 0 aliphatic rings. The second-order valence-electron chi connectivity index (χ2n) is 6.54. The van der Waals surface area contributed by atoms with E-state index in [1.165, 1.54) is 13.4 Å². The molecule has 4 rings (SSSR count). The van der Waals surface area contributed by atoms with Crippen molar-refractivity contribution >= 4 is 23.2 Å². The minimum Gasteiger partial charge on any atom is -0.495 e. The molecule has 1 amide bonds. The molecular formula is C24H18ClN3O3. The molecule has 7 heteroatoms. The molecule has 0 atom stereocenters. The number of hydrogen-bond donors (Lipinski definition) is 1. The summed E-state index contributed by atoms with van der Waals surface area (Å²) in [5, 5.41) is 3.22. The van der Waals surface area contributed by atoms with E-state index in [4.69, 9.17) is 21.1 Å². The second-order valence-corrected chi connectivity index (χ2v) is 6.95. The van der Waals surface area contributed by atoms with E-state index >= 15 is 0 Å². The van der Waals surface area contributed by atoms with E-state index in [1.807, 2.05) is 30.3 Å². The number of carbonyl (C=O) groups is 1. The predicted octanol–water partition coefficient (Wildman–Crippen LogP) is 5.85. The Balaban J connectivity index is 1.50. The van der Waals surface area contributed by atoms with Gasteiger partial charge in [-0.05, 0) is 36.4 Å². The summed E-state index contributed by atoms with van der Waals surface area (Å²) in [6, 6.07) is 23.4. The van der Waals surface area contributed by atoms with Crippen molar-refractivity contribution in [2.75, 3.05) is 12.4 Å². The highest BCUT2D eigenvalue weighted by molar-refractivity contribution is 6.32. The molecular weight excluding hydrogens is 414 g/mol. The summed E-state index contributed by atoms with van der Waals surface area (Å²) in [5.74, 6) is 1.11. The molecule has 0 spiro atoms. The monoisotopic (exact) mass is 431 g/mol. The fourth-order valence-corrected chi connectivity index (χ4v) is 3.19. The third kappa shape index (κ3) is 4.99. The topological polar surface area (TPSA) is 73.3 Å². The van der Waals surface area contributed by atoms with Crippen LogP contribution < -0.4 is 14.8 Å². The van der Waals surface area contributed by atoms with Crippen molar-refractivity contribution < 1.29 is 14.3 Å². The van der Waals surface area contributed by atoms with Crippen molar-refractivity contribution in [3.8, 4) is 28.6 Å². The van der Waals surface area contributed by atoms with Crippen molar-refractivity contribution in [3.05, 3.63) is 95.8 Å². The van der Waals surface area contributed by atoms with Gasteiger partial charge in [0.05, 0.1) is 17.8 Å². The van der Waals surface area contributed by atoms with E-state index in [2.05, 4.69) is 15.3 Å². The summed E-state index contributed by atoms with van der Waals surface area (Å²) >= 11 is 6.12. The van der Waals surface area contributed by atoms with Crippen molar-refractivity contribution in [3.63, 3.8) is 0 Å². The first-order chi connectivity index (χ1) is 15.1. The first-order valence-corrected chi connectivity index (χ1v) is 9.80. The number of ether oxygens (including phenoxy) is 2. The third-order valence-electron chi connectivity index (χ3n) is 4.44. The Bertz CT molecular complexity index is 1220. The van der Waals surface area contributed by atoms with E-state index in [-0.39, 0.29) is 5.91 Å². The van der Waals surface area contributed by atoms with Gasteiger partial charge in [0.25, 0.3) is 5.91 Å². The zero-order valence-electron chi connectivity index (χ0n) is 16.6. The van der Waals surface area contributed by atoms with Crippen LogP contribution in [-0.4, -0.2) is 23.0 Å². The van der Waals surface area contributed by atoms with Crippen LogP contribution in [0.4, 0.5) is 5.69 Å². The minimum absolute atomic E-state index is 0.292. The van der Waals surface area contributed by atoms with Crippen LogP contribution in [0.15, 0.2) is 85.2 Å². The number of amides is 1. The number of carbonyl (C=O) groups excluding carboxylic acids is 1. The zero-order chi connectivity index (χ0) is 21.6. The summed E-state index contributed by atoms with van der Waals surface area (Å²) in [6.45, 7) is 0. The molecule has 0 unspecified atom stereocenters. The number of benzene rings is 3. The molecule has 1 aromatic heterocycles. The lowest BCUT2D eigenvalue weighted by molar-refractivity contribution is 0.102. The van der Waals surface area contributed by atoms with Crippen LogP contribution in [0.25, 0.3) is 11.3 Å². The average Bonchev–Trinajstić information content (AvgIpc) is 2.80. The number of methoxy groups -OCH3 is 1. The summed E-state index contributed by atoms with van der Waals surface area (Å²) < 4.78 is 11.0. The van der Waals surface area contributed by atoms with Gasteiger partial charge in [-0.1, -0.05) is 48.0 Å². The number of nitrogens with one attached hydrogen (secondary N) is 1. The second kappa shape index (κ2) is 9.28. The fourth-order valence-electron chi connectivity index (χ4n) is 2.93. The molecule has 6 nitrogen and oxygen atoms in total. The maximum atomic E-state index is 12.7. The van der Waals surface area contributed by atoms with Gasteiger partial charge in [-0.3, -0.25) is 4.79 Å². The molecule has 0 saturated heterocycles. The van der Waals surface area contributed by atoms with Gasteiger partial charge < -0.3 is 14.8 Å². The Labute approximate surface area is 184 Å². The van der Waals surface area contributed by atoms with E-state index in [0.29, 0.717) is 33.7 Å². The third-order valence-corrected chi connectivity index (χ3v) is 4.74. The summed E-state index contributed by atoms with van der Waals surface area (Å²) in [7, 11) is 1.53. The number of anilines is 1. The molecule has 1 N–H and O–H groups in total. The Morgan fingerprint density at radius 2 is 1.77 bits per heavy atom. The number of hydrogen-bond acceptors (Lipinski definition) is 5. The molecule has 0 bridgehead atoms. The molecule has 0 aliphatic heterocycles. The number of aromatic nitrogens is 2. The summed E-state index contributed by atoms with van der Waals surface area (Å²) in [6.07, 6.45) is 1.45. The van der Waals surface area contributed by atoms with Gasteiger partial charge in [0.15, 0.2) is 0 Å². The van der Waals surface area contributed by atoms with Gasteiger partial charge >= 0.3 is 0 Å². The van der Waals surface area contributed by atoms with Crippen molar-refractivity contribution in [1.29, 1.82) is 0 Å². The number of nitrogens with zero attached hydrogens (tertiary/aromatic N) is 2. The van der Waals surface area contributed by atoms with Crippen LogP contribution in [0.5, 0.6) is 17.4 Å². The first kappa shape index (κ1) is 20.4. The summed E-state index contributed by atoms with van der Waals surface area (Å²) in [4.78, 5) is 21.1. The largest absolute Gasteiger partial charge is 0.495 e. The van der Waals surface area contributed by atoms with E-state index < -0.39 is 0 Å². The molecule has 1 heterocycles. The van der Waals surface area contributed by atoms with Crippen LogP contribution in [0.1, 0.15) is 10.4 Å². The van der Waals surface area contributed by atoms with Crippen LogP contribution in [0, 0.1) is 0 Å². The first-order valence-electron chi connectivity index (χ1n) is 9.42. The Hall–Kier alpha value is -3.90. The highest BCUT2D eigenvalue weighted by Crippen LogP contribution is 2.28. The van der Waals surface area contributed by atoms with Crippen LogP contribution in [0.2, 0.25) is 5.02 Å². The lowest BCUT2D eigenvalue weighted by atomic mass is 10.1. The lowest BCUT2D eigenvalue weighted by Gasteiger charge is -2.10. The Morgan fingerprint density at radius 3 is 2.55 bits per heavy atom. The molecule has 0 aliphatic carbocycles. The normalized spacial score (nSPS) is 10.4. The van der Waals surface area contributed by atoms with Gasteiger partial charge in [0.1, 0.15) is 17.8 Å². The standard InChI is InChI=1S/C24H18ClN3O3/c1-30-22-11-10-18(13-20(22)25)28-24(29)17-8-5-9-19(12-17)31-23-14-21(26-15-27-23)16-6-3-2-4-7-16/h2-15H,1H3,(H,28,29). The van der Waals surface area contributed by atoms with E-state index in [0.717, 1.165) is 11.3 Å². The van der Waals surface area contributed by atoms with Gasteiger partial charge in [0, 0.05) is 22.9 Å².